The van der Waals surface area contributed by atoms with Gasteiger partial charge >= 0.3 is 0 Å². The van der Waals surface area contributed by atoms with Crippen molar-refractivity contribution in [3.8, 4) is 0 Å². The summed E-state index contributed by atoms with van der Waals surface area (Å²) in [7, 11) is 0. The van der Waals surface area contributed by atoms with Gasteiger partial charge in [-0.2, -0.15) is 0 Å². The van der Waals surface area contributed by atoms with Gasteiger partial charge in [0.1, 0.15) is 0 Å². The molecule has 0 fully saturated rings. The first-order valence-corrected chi connectivity index (χ1v) is 5.50. The van der Waals surface area contributed by atoms with E-state index in [1.165, 1.54) is 6.20 Å². The molecule has 0 aliphatic heterocycles. The van der Waals surface area contributed by atoms with Crippen molar-refractivity contribution < 1.29 is 10.0 Å². The van der Waals surface area contributed by atoms with E-state index in [1.54, 1.807) is 42.6 Å². The van der Waals surface area contributed by atoms with Crippen LogP contribution in [-0.2, 0) is 0 Å². The number of nitrogens with zero attached hydrogens (tertiary/aromatic N) is 2. The minimum atomic E-state index is -0.314. The molecular formula is C13H12N4O2. The zero-order valence-corrected chi connectivity index (χ0v) is 9.95. The summed E-state index contributed by atoms with van der Waals surface area (Å²) in [4.78, 5) is 15.9. The molecule has 0 saturated heterocycles. The summed E-state index contributed by atoms with van der Waals surface area (Å²) in [6.07, 6.45) is 3.04. The fourth-order valence-corrected chi connectivity index (χ4v) is 1.56. The lowest BCUT2D eigenvalue weighted by molar-refractivity contribution is 0.102. The fraction of sp³-hybridized carbons (Fsp3) is 0. The van der Waals surface area contributed by atoms with E-state index in [0.717, 1.165) is 0 Å². The first-order valence-electron chi connectivity index (χ1n) is 5.50. The Labute approximate surface area is 109 Å². The van der Waals surface area contributed by atoms with Crippen molar-refractivity contribution in [2.45, 2.75) is 0 Å². The number of carbonyl (C=O) groups is 1. The van der Waals surface area contributed by atoms with Gasteiger partial charge in [0, 0.05) is 18.0 Å². The molecule has 0 bridgehead atoms. The van der Waals surface area contributed by atoms with Gasteiger partial charge in [-0.25, -0.2) is 0 Å². The van der Waals surface area contributed by atoms with Crippen molar-refractivity contribution in [2.75, 3.05) is 5.32 Å². The second kappa shape index (κ2) is 5.63. The van der Waals surface area contributed by atoms with Gasteiger partial charge in [-0.15, -0.1) is 0 Å². The topological polar surface area (TPSA) is 101 Å². The Morgan fingerprint density at radius 2 is 2.05 bits per heavy atom. The second-order valence-electron chi connectivity index (χ2n) is 3.73. The summed E-state index contributed by atoms with van der Waals surface area (Å²) in [5, 5.41) is 14.3. The van der Waals surface area contributed by atoms with Crippen LogP contribution in [0.15, 0.2) is 53.9 Å². The van der Waals surface area contributed by atoms with Crippen LogP contribution in [0.3, 0.4) is 0 Å². The van der Waals surface area contributed by atoms with Crippen molar-refractivity contribution in [2.24, 2.45) is 10.9 Å². The molecule has 1 aromatic heterocycles. The van der Waals surface area contributed by atoms with Gasteiger partial charge in [0.15, 0.2) is 5.84 Å². The van der Waals surface area contributed by atoms with Crippen molar-refractivity contribution in [1.29, 1.82) is 0 Å². The van der Waals surface area contributed by atoms with Gasteiger partial charge in [-0.3, -0.25) is 9.78 Å². The molecule has 6 heteroatoms. The Morgan fingerprint density at radius 3 is 2.74 bits per heavy atom. The van der Waals surface area contributed by atoms with Crippen LogP contribution >= 0.6 is 0 Å². The predicted octanol–water partition coefficient (Wildman–Crippen LogP) is 1.43. The van der Waals surface area contributed by atoms with E-state index >= 15 is 0 Å². The number of rotatable bonds is 3. The van der Waals surface area contributed by atoms with Crippen LogP contribution in [0.25, 0.3) is 0 Å². The molecule has 0 spiro atoms. The van der Waals surface area contributed by atoms with Gasteiger partial charge in [-0.1, -0.05) is 17.3 Å². The molecule has 0 saturated carbocycles. The molecule has 4 N–H and O–H groups in total. The highest BCUT2D eigenvalue weighted by atomic mass is 16.4. The maximum Gasteiger partial charge on any atom is 0.257 e. The summed E-state index contributed by atoms with van der Waals surface area (Å²) in [6, 6.07) is 10.1. The third kappa shape index (κ3) is 2.86. The van der Waals surface area contributed by atoms with E-state index in [2.05, 4.69) is 15.5 Å². The van der Waals surface area contributed by atoms with Crippen molar-refractivity contribution in [3.63, 3.8) is 0 Å². The molecule has 1 amide bonds. The number of oxime groups is 1. The quantitative estimate of drug-likeness (QED) is 0.334. The molecule has 0 atom stereocenters. The van der Waals surface area contributed by atoms with Gasteiger partial charge in [-0.05, 0) is 24.3 Å². The molecule has 1 heterocycles. The summed E-state index contributed by atoms with van der Waals surface area (Å²) in [6.45, 7) is 0. The fourth-order valence-electron chi connectivity index (χ4n) is 1.56. The number of hydrogen-bond donors (Lipinski definition) is 3. The van der Waals surface area contributed by atoms with Crippen LogP contribution in [0.5, 0.6) is 0 Å². The standard InChI is InChI=1S/C13H12N4O2/c14-12(17-19)10-5-1-2-6-11(10)16-13(18)9-4-3-7-15-8-9/h1-8,19H,(H2,14,17)(H,16,18). The lowest BCUT2D eigenvalue weighted by atomic mass is 10.1. The summed E-state index contributed by atoms with van der Waals surface area (Å²) < 4.78 is 0. The molecule has 96 valence electrons. The zero-order chi connectivity index (χ0) is 13.7. The monoisotopic (exact) mass is 256 g/mol. The highest BCUT2D eigenvalue weighted by molar-refractivity contribution is 6.09. The number of amidine groups is 1. The van der Waals surface area contributed by atoms with E-state index in [1.807, 2.05) is 0 Å². The van der Waals surface area contributed by atoms with Gasteiger partial charge in [0.25, 0.3) is 5.91 Å². The average Bonchev–Trinajstić information content (AvgIpc) is 2.48. The molecule has 1 aromatic carbocycles. The highest BCUT2D eigenvalue weighted by Gasteiger charge is 2.10. The molecule has 2 rings (SSSR count). The molecule has 0 aliphatic rings. The first-order chi connectivity index (χ1) is 9.22. The minimum absolute atomic E-state index is 0.0675. The normalized spacial score (nSPS) is 11.1. The third-order valence-corrected chi connectivity index (χ3v) is 2.48. The van der Waals surface area contributed by atoms with E-state index < -0.39 is 0 Å². The molecular weight excluding hydrogens is 244 g/mol. The summed E-state index contributed by atoms with van der Waals surface area (Å²) in [5.41, 5.74) is 6.88. The summed E-state index contributed by atoms with van der Waals surface area (Å²) in [5.74, 6) is -0.381. The van der Waals surface area contributed by atoms with Gasteiger partial charge in [0.05, 0.1) is 11.3 Å². The number of anilines is 1. The minimum Gasteiger partial charge on any atom is -0.409 e. The molecule has 0 unspecified atom stereocenters. The van der Waals surface area contributed by atoms with Gasteiger partial charge in [0.2, 0.25) is 0 Å². The number of aromatic nitrogens is 1. The van der Waals surface area contributed by atoms with E-state index in [9.17, 15) is 4.79 Å². The molecule has 6 nitrogen and oxygen atoms in total. The van der Waals surface area contributed by atoms with Crippen LogP contribution in [0, 0.1) is 0 Å². The average molecular weight is 256 g/mol. The Balaban J connectivity index is 2.27. The number of benzene rings is 1. The van der Waals surface area contributed by atoms with E-state index in [-0.39, 0.29) is 11.7 Å². The predicted molar refractivity (Wildman–Crippen MR) is 71.1 cm³/mol. The number of nitrogens with two attached hydrogens (primary N) is 1. The number of carbonyl (C=O) groups excluding carboxylic acids is 1. The van der Waals surface area contributed by atoms with Crippen LogP contribution in [-0.4, -0.2) is 21.9 Å². The first kappa shape index (κ1) is 12.6. The molecule has 19 heavy (non-hydrogen) atoms. The van der Waals surface area contributed by atoms with E-state index in [4.69, 9.17) is 10.9 Å². The van der Waals surface area contributed by atoms with Crippen LogP contribution in [0.2, 0.25) is 0 Å². The van der Waals surface area contributed by atoms with Crippen LogP contribution < -0.4 is 11.1 Å². The van der Waals surface area contributed by atoms with Crippen molar-refractivity contribution in [3.05, 3.63) is 59.9 Å². The van der Waals surface area contributed by atoms with E-state index in [0.29, 0.717) is 16.8 Å². The third-order valence-electron chi connectivity index (χ3n) is 2.48. The zero-order valence-electron chi connectivity index (χ0n) is 9.95. The number of pyridine rings is 1. The van der Waals surface area contributed by atoms with Crippen LogP contribution in [0.4, 0.5) is 5.69 Å². The number of hydrogen-bond acceptors (Lipinski definition) is 4. The highest BCUT2D eigenvalue weighted by Crippen LogP contribution is 2.15. The number of amides is 1. The molecule has 0 radical (unpaired) electrons. The van der Waals surface area contributed by atoms with Crippen molar-refractivity contribution in [1.82, 2.24) is 4.98 Å². The SMILES string of the molecule is N/C(=N/O)c1ccccc1NC(=O)c1cccnc1. The maximum atomic E-state index is 12.0. The summed E-state index contributed by atoms with van der Waals surface area (Å²) >= 11 is 0. The van der Waals surface area contributed by atoms with Crippen molar-refractivity contribution >= 4 is 17.4 Å². The lowest BCUT2D eigenvalue weighted by Crippen LogP contribution is -2.19. The number of para-hydroxylation sites is 1. The second-order valence-corrected chi connectivity index (χ2v) is 3.73. The maximum absolute atomic E-state index is 12.0. The molecule has 2 aromatic rings. The molecule has 0 aliphatic carbocycles. The largest absolute Gasteiger partial charge is 0.409 e. The Hall–Kier alpha value is -2.89. The lowest BCUT2D eigenvalue weighted by Gasteiger charge is -2.09. The Kier molecular flexibility index (Phi) is 3.72. The smallest absolute Gasteiger partial charge is 0.257 e. The Morgan fingerprint density at radius 1 is 1.26 bits per heavy atom. The van der Waals surface area contributed by atoms with Crippen LogP contribution in [0.1, 0.15) is 15.9 Å². The number of nitrogens with one attached hydrogen (secondary N) is 1. The van der Waals surface area contributed by atoms with Gasteiger partial charge < -0.3 is 16.3 Å². The Bertz CT molecular complexity index is 611.